The number of carbonyl (C=O) groups excluding carboxylic acids is 1. The second-order valence-corrected chi connectivity index (χ2v) is 5.77. The van der Waals surface area contributed by atoms with Crippen LogP contribution in [0, 0.1) is 0 Å². The fourth-order valence-corrected chi connectivity index (χ4v) is 2.81. The number of nitrogens with zero attached hydrogens (tertiary/aromatic N) is 1. The van der Waals surface area contributed by atoms with E-state index in [1.807, 2.05) is 17.0 Å². The van der Waals surface area contributed by atoms with Gasteiger partial charge in [-0.25, -0.2) is 0 Å². The molecule has 5 heteroatoms. The fraction of sp³-hybridized carbons (Fsp3) is 0.688. The number of nitrogens with one attached hydrogen (secondary N) is 1. The van der Waals surface area contributed by atoms with Crippen molar-refractivity contribution < 1.29 is 13.9 Å². The van der Waals surface area contributed by atoms with Crippen LogP contribution in [-0.4, -0.2) is 49.7 Å². The Labute approximate surface area is 126 Å². The lowest BCUT2D eigenvalue weighted by atomic mass is 10.0. The molecule has 0 saturated carbocycles. The number of piperidine rings is 1. The number of hydrogen-bond acceptors (Lipinski definition) is 4. The van der Waals surface area contributed by atoms with Gasteiger partial charge in [0.05, 0.1) is 6.26 Å². The van der Waals surface area contributed by atoms with Crippen molar-refractivity contribution in [2.75, 3.05) is 26.8 Å². The predicted molar refractivity (Wildman–Crippen MR) is 81.1 cm³/mol. The molecule has 21 heavy (non-hydrogen) atoms. The lowest BCUT2D eigenvalue weighted by molar-refractivity contribution is -0.136. The molecule has 0 aliphatic carbocycles. The Hall–Kier alpha value is -1.33. The summed E-state index contributed by atoms with van der Waals surface area (Å²) in [6, 6.07) is 4.91. The summed E-state index contributed by atoms with van der Waals surface area (Å²) in [5.74, 6) is 1.14. The van der Waals surface area contributed by atoms with Crippen LogP contribution < -0.4 is 5.32 Å². The zero-order valence-electron chi connectivity index (χ0n) is 13.0. The Kier molecular flexibility index (Phi) is 6.26. The van der Waals surface area contributed by atoms with Crippen LogP contribution in [0.4, 0.5) is 0 Å². The van der Waals surface area contributed by atoms with Crippen LogP contribution in [0.2, 0.25) is 0 Å². The summed E-state index contributed by atoms with van der Waals surface area (Å²) in [6.07, 6.45) is 5.78. The maximum Gasteiger partial charge on any atom is 0.248 e. The second kappa shape index (κ2) is 8.20. The van der Waals surface area contributed by atoms with Gasteiger partial charge >= 0.3 is 0 Å². The molecule has 1 unspecified atom stereocenters. The molecular weight excluding hydrogens is 268 g/mol. The van der Waals surface area contributed by atoms with Crippen molar-refractivity contribution in [1.29, 1.82) is 0 Å². The first kappa shape index (κ1) is 16.0. The highest BCUT2D eigenvalue weighted by Gasteiger charge is 2.23. The van der Waals surface area contributed by atoms with E-state index in [4.69, 9.17) is 9.15 Å². The van der Waals surface area contributed by atoms with Gasteiger partial charge in [0.2, 0.25) is 5.91 Å². The minimum absolute atomic E-state index is 0.0989. The molecule has 1 amide bonds. The zero-order valence-corrected chi connectivity index (χ0v) is 13.0. The van der Waals surface area contributed by atoms with E-state index in [1.54, 1.807) is 13.4 Å². The number of rotatable bonds is 7. The molecular formula is C16H26N2O3. The number of methoxy groups -OCH3 is 1. The van der Waals surface area contributed by atoms with Gasteiger partial charge in [-0.15, -0.1) is 0 Å². The smallest absolute Gasteiger partial charge is 0.248 e. The molecule has 1 saturated heterocycles. The van der Waals surface area contributed by atoms with Crippen LogP contribution in [-0.2, 0) is 16.0 Å². The van der Waals surface area contributed by atoms with Gasteiger partial charge in [-0.1, -0.05) is 0 Å². The number of furan rings is 1. The van der Waals surface area contributed by atoms with Crippen molar-refractivity contribution in [3.8, 4) is 0 Å². The van der Waals surface area contributed by atoms with Crippen LogP contribution in [0.25, 0.3) is 0 Å². The van der Waals surface area contributed by atoms with Crippen molar-refractivity contribution in [2.24, 2.45) is 0 Å². The molecule has 0 spiro atoms. The second-order valence-electron chi connectivity index (χ2n) is 5.77. The Morgan fingerprint density at radius 1 is 1.52 bits per heavy atom. The number of hydrogen-bond donors (Lipinski definition) is 1. The van der Waals surface area contributed by atoms with E-state index in [9.17, 15) is 4.79 Å². The summed E-state index contributed by atoms with van der Waals surface area (Å²) in [5.41, 5.74) is 0. The molecule has 0 aromatic carbocycles. The van der Waals surface area contributed by atoms with Gasteiger partial charge in [-0.2, -0.15) is 0 Å². The van der Waals surface area contributed by atoms with Crippen molar-refractivity contribution in [1.82, 2.24) is 10.2 Å². The molecule has 1 aromatic rings. The lowest BCUT2D eigenvalue weighted by Crippen LogP contribution is -2.48. The molecule has 1 aliphatic rings. The number of amides is 1. The van der Waals surface area contributed by atoms with Gasteiger partial charge in [-0.3, -0.25) is 4.79 Å². The van der Waals surface area contributed by atoms with Crippen LogP contribution >= 0.6 is 0 Å². The van der Waals surface area contributed by atoms with Gasteiger partial charge in [0, 0.05) is 38.7 Å². The first-order chi connectivity index (χ1) is 10.2. The van der Waals surface area contributed by atoms with E-state index in [-0.39, 0.29) is 12.5 Å². The monoisotopic (exact) mass is 294 g/mol. The first-order valence-corrected chi connectivity index (χ1v) is 7.74. The summed E-state index contributed by atoms with van der Waals surface area (Å²) >= 11 is 0. The van der Waals surface area contributed by atoms with E-state index >= 15 is 0 Å². The number of aryl methyl sites for hydroxylation is 1. The van der Waals surface area contributed by atoms with E-state index in [0.717, 1.165) is 44.5 Å². The van der Waals surface area contributed by atoms with Gasteiger partial charge in [-0.05, 0) is 38.3 Å². The van der Waals surface area contributed by atoms with Crippen molar-refractivity contribution in [3.63, 3.8) is 0 Å². The Balaban J connectivity index is 1.64. The minimum Gasteiger partial charge on any atom is -0.469 e. The number of carbonyl (C=O) groups is 1. The standard InChI is InChI=1S/C16H26N2O3/c1-13(5-6-15-4-3-11-21-15)17-14-7-9-18(10-8-14)16(19)12-20-2/h3-4,11,13-14,17H,5-10,12H2,1-2H3. The normalized spacial score (nSPS) is 17.9. The predicted octanol–water partition coefficient (Wildman–Crippen LogP) is 1.83. The van der Waals surface area contributed by atoms with Crippen LogP contribution in [0.15, 0.2) is 22.8 Å². The SMILES string of the molecule is COCC(=O)N1CCC(NC(C)CCc2ccco2)CC1. The largest absolute Gasteiger partial charge is 0.469 e. The summed E-state index contributed by atoms with van der Waals surface area (Å²) < 4.78 is 10.3. The van der Waals surface area contributed by atoms with Gasteiger partial charge in [0.25, 0.3) is 0 Å². The average molecular weight is 294 g/mol. The van der Waals surface area contributed by atoms with E-state index in [2.05, 4.69) is 12.2 Å². The average Bonchev–Trinajstić information content (AvgIpc) is 2.99. The fourth-order valence-electron chi connectivity index (χ4n) is 2.81. The van der Waals surface area contributed by atoms with E-state index < -0.39 is 0 Å². The third-order valence-corrected chi connectivity index (χ3v) is 4.04. The highest BCUT2D eigenvalue weighted by molar-refractivity contribution is 5.77. The van der Waals surface area contributed by atoms with Crippen molar-refractivity contribution in [3.05, 3.63) is 24.2 Å². The van der Waals surface area contributed by atoms with Gasteiger partial charge < -0.3 is 19.4 Å². The van der Waals surface area contributed by atoms with Gasteiger partial charge in [0.15, 0.2) is 0 Å². The Bertz CT molecular complexity index is 411. The number of likely N-dealkylation sites (tertiary alicyclic amines) is 1. The Morgan fingerprint density at radius 3 is 2.90 bits per heavy atom. The molecule has 1 aliphatic heterocycles. The molecule has 2 rings (SSSR count). The summed E-state index contributed by atoms with van der Waals surface area (Å²) in [7, 11) is 1.56. The maximum absolute atomic E-state index is 11.7. The topological polar surface area (TPSA) is 54.7 Å². The highest BCUT2D eigenvalue weighted by Crippen LogP contribution is 2.13. The minimum atomic E-state index is 0.0989. The quantitative estimate of drug-likeness (QED) is 0.833. The molecule has 1 N–H and O–H groups in total. The third kappa shape index (κ3) is 5.17. The van der Waals surface area contributed by atoms with E-state index in [1.165, 1.54) is 0 Å². The zero-order chi connectivity index (χ0) is 15.1. The van der Waals surface area contributed by atoms with Crippen LogP contribution in [0.3, 0.4) is 0 Å². The summed E-state index contributed by atoms with van der Waals surface area (Å²) in [6.45, 7) is 4.05. The molecule has 2 heterocycles. The molecule has 1 aromatic heterocycles. The number of ether oxygens (including phenoxy) is 1. The Morgan fingerprint density at radius 2 is 2.29 bits per heavy atom. The third-order valence-electron chi connectivity index (χ3n) is 4.04. The molecule has 0 bridgehead atoms. The maximum atomic E-state index is 11.7. The molecule has 1 fully saturated rings. The van der Waals surface area contributed by atoms with Crippen molar-refractivity contribution in [2.45, 2.75) is 44.7 Å². The lowest BCUT2D eigenvalue weighted by Gasteiger charge is -2.33. The molecule has 1 atom stereocenters. The molecule has 118 valence electrons. The highest BCUT2D eigenvalue weighted by atomic mass is 16.5. The first-order valence-electron chi connectivity index (χ1n) is 7.74. The van der Waals surface area contributed by atoms with Crippen LogP contribution in [0.1, 0.15) is 31.9 Å². The molecule has 5 nitrogen and oxygen atoms in total. The molecule has 0 radical (unpaired) electrons. The van der Waals surface area contributed by atoms with Crippen LogP contribution in [0.5, 0.6) is 0 Å². The summed E-state index contributed by atoms with van der Waals surface area (Å²) in [5, 5.41) is 3.66. The van der Waals surface area contributed by atoms with Gasteiger partial charge in [0.1, 0.15) is 12.4 Å². The van der Waals surface area contributed by atoms with E-state index in [0.29, 0.717) is 12.1 Å². The summed E-state index contributed by atoms with van der Waals surface area (Å²) in [4.78, 5) is 13.6. The van der Waals surface area contributed by atoms with Crippen molar-refractivity contribution >= 4 is 5.91 Å².